The Balaban J connectivity index is 1.85. The third-order valence-electron chi connectivity index (χ3n) is 3.57. The molecule has 1 heterocycles. The third-order valence-corrected chi connectivity index (χ3v) is 3.57. The molecule has 1 aliphatic rings. The molecule has 1 amide bonds. The average Bonchev–Trinajstić information content (AvgIpc) is 2.45. The molecule has 1 saturated heterocycles. The molecule has 0 atom stereocenters. The van der Waals surface area contributed by atoms with Gasteiger partial charge in [0.25, 0.3) is 5.91 Å². The van der Waals surface area contributed by atoms with Gasteiger partial charge in [0.1, 0.15) is 0 Å². The normalized spacial score (nSPS) is 16.3. The van der Waals surface area contributed by atoms with Gasteiger partial charge in [-0.15, -0.1) is 0 Å². The minimum Gasteiger partial charge on any atom is -0.340 e. The molecule has 19 heavy (non-hydrogen) atoms. The number of nitrogens with one attached hydrogen (secondary N) is 1. The molecule has 1 aliphatic heterocycles. The third kappa shape index (κ3) is 4.04. The highest BCUT2D eigenvalue weighted by molar-refractivity contribution is 5.94. The van der Waals surface area contributed by atoms with Gasteiger partial charge in [-0.05, 0) is 19.1 Å². The van der Waals surface area contributed by atoms with Crippen molar-refractivity contribution in [3.8, 4) is 0 Å². The van der Waals surface area contributed by atoms with E-state index in [1.807, 2.05) is 43.1 Å². The van der Waals surface area contributed by atoms with Gasteiger partial charge in [-0.3, -0.25) is 9.69 Å². The Morgan fingerprint density at radius 1 is 1.37 bits per heavy atom. The zero-order valence-electron chi connectivity index (χ0n) is 11.9. The molecule has 1 aromatic carbocycles. The second-order valence-corrected chi connectivity index (χ2v) is 5.19. The van der Waals surface area contributed by atoms with Crippen LogP contribution < -0.4 is 5.32 Å². The summed E-state index contributed by atoms with van der Waals surface area (Å²) in [6, 6.07) is 7.78. The van der Waals surface area contributed by atoms with Gasteiger partial charge in [0.15, 0.2) is 0 Å². The molecular weight excluding hydrogens is 238 g/mol. The fraction of sp³-hybridized carbons (Fsp3) is 0.533. The van der Waals surface area contributed by atoms with Crippen molar-refractivity contribution >= 4 is 5.91 Å². The molecule has 1 aromatic rings. The molecule has 0 spiro atoms. The largest absolute Gasteiger partial charge is 0.340 e. The van der Waals surface area contributed by atoms with Crippen LogP contribution in [-0.2, 0) is 0 Å². The number of piperazine rings is 1. The predicted molar refractivity (Wildman–Crippen MR) is 77.4 cm³/mol. The van der Waals surface area contributed by atoms with Crippen LogP contribution in [-0.4, -0.2) is 62.0 Å². The van der Waals surface area contributed by atoms with Crippen LogP contribution in [0.15, 0.2) is 24.3 Å². The summed E-state index contributed by atoms with van der Waals surface area (Å²) in [7, 11) is 1.88. The topological polar surface area (TPSA) is 35.6 Å². The summed E-state index contributed by atoms with van der Waals surface area (Å²) in [4.78, 5) is 16.5. The van der Waals surface area contributed by atoms with Crippen LogP contribution in [0.1, 0.15) is 15.9 Å². The summed E-state index contributed by atoms with van der Waals surface area (Å²) >= 11 is 0. The number of hydrogen-bond acceptors (Lipinski definition) is 3. The molecule has 0 unspecified atom stereocenters. The zero-order valence-corrected chi connectivity index (χ0v) is 11.9. The van der Waals surface area contributed by atoms with E-state index in [0.29, 0.717) is 0 Å². The molecule has 0 bridgehead atoms. The Morgan fingerprint density at radius 3 is 2.79 bits per heavy atom. The second kappa shape index (κ2) is 6.68. The fourth-order valence-electron chi connectivity index (χ4n) is 2.33. The van der Waals surface area contributed by atoms with E-state index in [-0.39, 0.29) is 5.91 Å². The molecule has 0 saturated carbocycles. The monoisotopic (exact) mass is 261 g/mol. The van der Waals surface area contributed by atoms with Gasteiger partial charge in [0, 0.05) is 51.9 Å². The number of carbonyl (C=O) groups excluding carboxylic acids is 1. The van der Waals surface area contributed by atoms with Gasteiger partial charge < -0.3 is 10.2 Å². The van der Waals surface area contributed by atoms with Crippen LogP contribution in [0.25, 0.3) is 0 Å². The minimum atomic E-state index is 0.110. The lowest BCUT2D eigenvalue weighted by molar-refractivity contribution is 0.0774. The van der Waals surface area contributed by atoms with Crippen molar-refractivity contribution in [3.05, 3.63) is 35.4 Å². The van der Waals surface area contributed by atoms with E-state index >= 15 is 0 Å². The number of benzene rings is 1. The van der Waals surface area contributed by atoms with Crippen LogP contribution in [0.4, 0.5) is 0 Å². The van der Waals surface area contributed by atoms with Gasteiger partial charge in [0.2, 0.25) is 0 Å². The second-order valence-electron chi connectivity index (χ2n) is 5.19. The maximum absolute atomic E-state index is 12.3. The Labute approximate surface area is 115 Å². The van der Waals surface area contributed by atoms with E-state index in [2.05, 4.69) is 10.2 Å². The van der Waals surface area contributed by atoms with Crippen molar-refractivity contribution in [2.24, 2.45) is 0 Å². The van der Waals surface area contributed by atoms with Crippen molar-refractivity contribution < 1.29 is 4.79 Å². The average molecular weight is 261 g/mol. The van der Waals surface area contributed by atoms with Crippen LogP contribution in [0.2, 0.25) is 0 Å². The first-order chi connectivity index (χ1) is 9.16. The number of rotatable bonds is 4. The highest BCUT2D eigenvalue weighted by atomic mass is 16.2. The fourth-order valence-corrected chi connectivity index (χ4v) is 2.33. The van der Waals surface area contributed by atoms with E-state index in [1.54, 1.807) is 0 Å². The molecule has 1 fully saturated rings. The van der Waals surface area contributed by atoms with E-state index in [9.17, 15) is 4.79 Å². The maximum atomic E-state index is 12.3. The summed E-state index contributed by atoms with van der Waals surface area (Å²) < 4.78 is 0. The van der Waals surface area contributed by atoms with Gasteiger partial charge in [0.05, 0.1) is 0 Å². The van der Waals surface area contributed by atoms with Crippen molar-refractivity contribution in [2.75, 3.05) is 46.3 Å². The first-order valence-corrected chi connectivity index (χ1v) is 6.92. The van der Waals surface area contributed by atoms with Crippen molar-refractivity contribution in [1.29, 1.82) is 0 Å². The molecule has 1 N–H and O–H groups in total. The van der Waals surface area contributed by atoms with Crippen LogP contribution in [0.3, 0.4) is 0 Å². The Hall–Kier alpha value is -1.39. The summed E-state index contributed by atoms with van der Waals surface area (Å²) in [6.07, 6.45) is 0. The van der Waals surface area contributed by atoms with E-state index in [1.165, 1.54) is 0 Å². The SMILES string of the molecule is Cc1cccc(C(=O)N(C)CCN2CCNCC2)c1. The smallest absolute Gasteiger partial charge is 0.253 e. The van der Waals surface area contributed by atoms with E-state index < -0.39 is 0 Å². The number of likely N-dealkylation sites (N-methyl/N-ethyl adjacent to an activating group) is 1. The van der Waals surface area contributed by atoms with Crippen molar-refractivity contribution in [3.63, 3.8) is 0 Å². The molecule has 104 valence electrons. The summed E-state index contributed by atoms with van der Waals surface area (Å²) in [5, 5.41) is 3.33. The predicted octanol–water partition coefficient (Wildman–Crippen LogP) is 0.972. The minimum absolute atomic E-state index is 0.110. The molecule has 0 radical (unpaired) electrons. The Kier molecular flexibility index (Phi) is 4.93. The molecule has 0 aliphatic carbocycles. The first kappa shape index (κ1) is 14.0. The maximum Gasteiger partial charge on any atom is 0.253 e. The first-order valence-electron chi connectivity index (χ1n) is 6.92. The number of amides is 1. The van der Waals surface area contributed by atoms with Crippen LogP contribution in [0.5, 0.6) is 0 Å². The number of carbonyl (C=O) groups is 1. The zero-order chi connectivity index (χ0) is 13.7. The van der Waals surface area contributed by atoms with Crippen molar-refractivity contribution in [1.82, 2.24) is 15.1 Å². The lowest BCUT2D eigenvalue weighted by Gasteiger charge is -2.29. The van der Waals surface area contributed by atoms with Gasteiger partial charge in [-0.25, -0.2) is 0 Å². The molecule has 0 aromatic heterocycles. The molecular formula is C15H23N3O. The van der Waals surface area contributed by atoms with Crippen molar-refractivity contribution in [2.45, 2.75) is 6.92 Å². The standard InChI is InChI=1S/C15H23N3O/c1-13-4-3-5-14(12-13)15(19)17(2)10-11-18-8-6-16-7-9-18/h3-5,12,16H,6-11H2,1-2H3. The number of nitrogens with zero attached hydrogens (tertiary/aromatic N) is 2. The molecule has 2 rings (SSSR count). The number of hydrogen-bond donors (Lipinski definition) is 1. The van der Waals surface area contributed by atoms with Crippen LogP contribution in [0, 0.1) is 6.92 Å². The Morgan fingerprint density at radius 2 is 2.11 bits per heavy atom. The summed E-state index contributed by atoms with van der Waals surface area (Å²) in [5.74, 6) is 0.110. The van der Waals surface area contributed by atoms with E-state index in [4.69, 9.17) is 0 Å². The molecule has 4 heteroatoms. The summed E-state index contributed by atoms with van der Waals surface area (Å²) in [5.41, 5.74) is 1.91. The van der Waals surface area contributed by atoms with Gasteiger partial charge in [-0.2, -0.15) is 0 Å². The lowest BCUT2D eigenvalue weighted by Crippen LogP contribution is -2.46. The molecule has 4 nitrogen and oxygen atoms in total. The highest BCUT2D eigenvalue weighted by Gasteiger charge is 2.14. The Bertz CT molecular complexity index is 427. The summed E-state index contributed by atoms with van der Waals surface area (Å²) in [6.45, 7) is 8.00. The quantitative estimate of drug-likeness (QED) is 0.877. The number of aryl methyl sites for hydroxylation is 1. The van der Waals surface area contributed by atoms with E-state index in [0.717, 1.165) is 50.4 Å². The van der Waals surface area contributed by atoms with Crippen LogP contribution >= 0.6 is 0 Å². The highest BCUT2D eigenvalue weighted by Crippen LogP contribution is 2.07. The van der Waals surface area contributed by atoms with Gasteiger partial charge in [-0.1, -0.05) is 17.7 Å². The van der Waals surface area contributed by atoms with Gasteiger partial charge >= 0.3 is 0 Å². The lowest BCUT2D eigenvalue weighted by atomic mass is 10.1.